The molecule has 20 heavy (non-hydrogen) atoms. The zero-order chi connectivity index (χ0) is 13.2. The normalized spacial score (nSPS) is 9.10. The fourth-order valence-corrected chi connectivity index (χ4v) is 1.46. The fraction of sp³-hybridized carbons (Fsp3) is 0.538. The van der Waals surface area contributed by atoms with Crippen LogP contribution in [-0.4, -0.2) is 30.5 Å². The number of nitrogens with one attached hydrogen (secondary N) is 2. The van der Waals surface area contributed by atoms with E-state index in [2.05, 4.69) is 15.6 Å². The summed E-state index contributed by atoms with van der Waals surface area (Å²) in [5, 5.41) is 6.06. The summed E-state index contributed by atoms with van der Waals surface area (Å²) in [5.74, 6) is 0.948. The zero-order valence-electron chi connectivity index (χ0n) is 11.7. The summed E-state index contributed by atoms with van der Waals surface area (Å²) >= 11 is 0. The molecule has 0 aromatic carbocycles. The molecule has 0 radical (unpaired) electrons. The van der Waals surface area contributed by atoms with Crippen molar-refractivity contribution in [3.05, 3.63) is 23.9 Å². The highest BCUT2D eigenvalue weighted by Gasteiger charge is 1.99. The van der Waals surface area contributed by atoms with Crippen molar-refractivity contribution in [3.63, 3.8) is 0 Å². The van der Waals surface area contributed by atoms with Crippen molar-refractivity contribution >= 4 is 36.5 Å². The second kappa shape index (κ2) is 13.0. The second-order valence-electron chi connectivity index (χ2n) is 4.24. The minimum atomic E-state index is 0. The zero-order valence-corrected chi connectivity index (χ0v) is 13.4. The minimum Gasteiger partial charge on any atom is -0.370 e. The van der Waals surface area contributed by atoms with Gasteiger partial charge in [-0.2, -0.15) is 0 Å². The lowest BCUT2D eigenvalue weighted by Crippen LogP contribution is -2.26. The van der Waals surface area contributed by atoms with E-state index >= 15 is 0 Å². The van der Waals surface area contributed by atoms with Gasteiger partial charge in [-0.25, -0.2) is 4.98 Å². The van der Waals surface area contributed by atoms with Crippen LogP contribution < -0.4 is 16.4 Å². The van der Waals surface area contributed by atoms with Gasteiger partial charge in [0.1, 0.15) is 5.82 Å². The summed E-state index contributed by atoms with van der Waals surface area (Å²) in [4.78, 5) is 15.5. The summed E-state index contributed by atoms with van der Waals surface area (Å²) in [5.41, 5.74) is 6.48. The van der Waals surface area contributed by atoms with Crippen LogP contribution in [0.4, 0.5) is 5.82 Å². The molecule has 0 unspecified atom stereocenters. The van der Waals surface area contributed by atoms with Gasteiger partial charge in [-0.15, -0.1) is 24.8 Å². The standard InChI is InChI=1S/C13H22N4O.2ClH/c1-11-5-6-12(17-10-11)15-8-3-9-16-13(18)4-2-7-14;;/h5-6,10H,2-4,7-9,14H2,1H3,(H,15,17)(H,16,18);2*1H. The summed E-state index contributed by atoms with van der Waals surface area (Å²) in [6.07, 6.45) is 3.97. The Bertz CT molecular complexity index is 360. The Morgan fingerprint density at radius 2 is 2.00 bits per heavy atom. The van der Waals surface area contributed by atoms with Crippen LogP contribution in [0.15, 0.2) is 18.3 Å². The molecule has 4 N–H and O–H groups in total. The number of anilines is 1. The van der Waals surface area contributed by atoms with E-state index in [1.807, 2.05) is 25.3 Å². The third kappa shape index (κ3) is 9.83. The number of carbonyl (C=O) groups is 1. The predicted molar refractivity (Wildman–Crippen MR) is 87.9 cm³/mol. The molecular formula is C13H24Cl2N4O. The van der Waals surface area contributed by atoms with E-state index in [0.29, 0.717) is 19.5 Å². The van der Waals surface area contributed by atoms with Gasteiger partial charge in [-0.1, -0.05) is 6.07 Å². The molecule has 7 heteroatoms. The minimum absolute atomic E-state index is 0. The first-order valence-electron chi connectivity index (χ1n) is 6.35. The van der Waals surface area contributed by atoms with Gasteiger partial charge >= 0.3 is 0 Å². The number of hydrogen-bond acceptors (Lipinski definition) is 4. The summed E-state index contributed by atoms with van der Waals surface area (Å²) in [6, 6.07) is 3.97. The maximum atomic E-state index is 11.3. The smallest absolute Gasteiger partial charge is 0.220 e. The average molecular weight is 323 g/mol. The van der Waals surface area contributed by atoms with Crippen molar-refractivity contribution in [2.24, 2.45) is 5.73 Å². The molecule has 5 nitrogen and oxygen atoms in total. The number of halogens is 2. The number of aryl methyl sites for hydroxylation is 1. The molecule has 0 saturated heterocycles. The Morgan fingerprint density at radius 1 is 1.25 bits per heavy atom. The first-order chi connectivity index (χ1) is 8.72. The van der Waals surface area contributed by atoms with Gasteiger partial charge in [0, 0.05) is 25.7 Å². The number of amides is 1. The van der Waals surface area contributed by atoms with Gasteiger partial charge in [-0.3, -0.25) is 4.79 Å². The number of nitrogens with zero attached hydrogens (tertiary/aromatic N) is 1. The van der Waals surface area contributed by atoms with Crippen LogP contribution in [0.3, 0.4) is 0 Å². The van der Waals surface area contributed by atoms with Crippen LogP contribution in [0, 0.1) is 6.92 Å². The summed E-state index contributed by atoms with van der Waals surface area (Å²) < 4.78 is 0. The van der Waals surface area contributed by atoms with E-state index < -0.39 is 0 Å². The number of carbonyl (C=O) groups excluding carboxylic acids is 1. The van der Waals surface area contributed by atoms with Crippen LogP contribution in [0.25, 0.3) is 0 Å². The number of rotatable bonds is 8. The van der Waals surface area contributed by atoms with Crippen molar-refractivity contribution < 1.29 is 4.79 Å². The quantitative estimate of drug-likeness (QED) is 0.638. The molecule has 0 aliphatic rings. The van der Waals surface area contributed by atoms with Gasteiger partial charge in [0.15, 0.2) is 0 Å². The van der Waals surface area contributed by atoms with Gasteiger partial charge in [0.05, 0.1) is 0 Å². The predicted octanol–water partition coefficient (Wildman–Crippen LogP) is 1.89. The average Bonchev–Trinajstić information content (AvgIpc) is 2.38. The number of nitrogens with two attached hydrogens (primary N) is 1. The van der Waals surface area contributed by atoms with Gasteiger partial charge in [-0.05, 0) is 37.9 Å². The highest BCUT2D eigenvalue weighted by molar-refractivity contribution is 5.85. The van der Waals surface area contributed by atoms with Crippen LogP contribution in [0.1, 0.15) is 24.8 Å². The maximum Gasteiger partial charge on any atom is 0.220 e. The second-order valence-corrected chi connectivity index (χ2v) is 4.24. The van der Waals surface area contributed by atoms with E-state index in [9.17, 15) is 4.79 Å². The van der Waals surface area contributed by atoms with Crippen molar-refractivity contribution in [1.29, 1.82) is 0 Å². The van der Waals surface area contributed by atoms with Gasteiger partial charge in [0.2, 0.25) is 5.91 Å². The van der Waals surface area contributed by atoms with E-state index in [0.717, 1.165) is 30.8 Å². The molecule has 0 bridgehead atoms. The van der Waals surface area contributed by atoms with Crippen LogP contribution >= 0.6 is 24.8 Å². The molecule has 0 atom stereocenters. The first-order valence-corrected chi connectivity index (χ1v) is 6.35. The molecule has 0 spiro atoms. The van der Waals surface area contributed by atoms with Gasteiger partial charge in [0.25, 0.3) is 0 Å². The maximum absolute atomic E-state index is 11.3. The van der Waals surface area contributed by atoms with Crippen molar-refractivity contribution in [2.45, 2.75) is 26.2 Å². The molecule has 0 saturated carbocycles. The lowest BCUT2D eigenvalue weighted by molar-refractivity contribution is -0.121. The Morgan fingerprint density at radius 3 is 2.60 bits per heavy atom. The van der Waals surface area contributed by atoms with Crippen molar-refractivity contribution in [3.8, 4) is 0 Å². The van der Waals surface area contributed by atoms with Gasteiger partial charge < -0.3 is 16.4 Å². The van der Waals surface area contributed by atoms with Crippen molar-refractivity contribution in [1.82, 2.24) is 10.3 Å². The fourth-order valence-electron chi connectivity index (χ4n) is 1.46. The molecule has 116 valence electrons. The number of pyridine rings is 1. The van der Waals surface area contributed by atoms with E-state index in [1.54, 1.807) is 0 Å². The SMILES string of the molecule is Cc1ccc(NCCCNC(=O)CCCN)nc1.Cl.Cl. The molecule has 0 aliphatic heterocycles. The molecule has 0 fully saturated rings. The van der Waals surface area contributed by atoms with Crippen LogP contribution in [-0.2, 0) is 4.79 Å². The first kappa shape index (κ1) is 21.3. The summed E-state index contributed by atoms with van der Waals surface area (Å²) in [7, 11) is 0. The monoisotopic (exact) mass is 322 g/mol. The van der Waals surface area contributed by atoms with Crippen LogP contribution in [0.2, 0.25) is 0 Å². The topological polar surface area (TPSA) is 80.0 Å². The van der Waals surface area contributed by atoms with E-state index in [4.69, 9.17) is 5.73 Å². The van der Waals surface area contributed by atoms with Crippen LogP contribution in [0.5, 0.6) is 0 Å². The molecule has 0 aliphatic carbocycles. The van der Waals surface area contributed by atoms with E-state index in [-0.39, 0.29) is 30.7 Å². The molecule has 1 amide bonds. The Labute approximate surface area is 132 Å². The highest BCUT2D eigenvalue weighted by atomic mass is 35.5. The summed E-state index contributed by atoms with van der Waals surface area (Å²) in [6.45, 7) is 4.05. The molecule has 1 rings (SSSR count). The molecule has 1 heterocycles. The lowest BCUT2D eigenvalue weighted by atomic mass is 10.3. The van der Waals surface area contributed by atoms with E-state index in [1.165, 1.54) is 0 Å². The molecule has 1 aromatic rings. The lowest BCUT2D eigenvalue weighted by Gasteiger charge is -2.07. The Kier molecular flexibility index (Phi) is 13.8. The number of aromatic nitrogens is 1. The Hall–Kier alpha value is -1.04. The van der Waals surface area contributed by atoms with Crippen molar-refractivity contribution in [2.75, 3.05) is 25.0 Å². The largest absolute Gasteiger partial charge is 0.370 e. The highest BCUT2D eigenvalue weighted by Crippen LogP contribution is 2.03. The Balaban J connectivity index is 0. The third-order valence-corrected chi connectivity index (χ3v) is 2.50. The molecule has 1 aromatic heterocycles. The number of hydrogen-bond donors (Lipinski definition) is 3. The molecular weight excluding hydrogens is 299 g/mol. The third-order valence-electron chi connectivity index (χ3n) is 2.50.